The molecule has 0 aliphatic heterocycles. The van der Waals surface area contributed by atoms with Crippen LogP contribution in [0.3, 0.4) is 0 Å². The Labute approximate surface area is 202 Å². The first-order chi connectivity index (χ1) is 16.0. The third kappa shape index (κ3) is 10.6. The molecule has 178 valence electrons. The maximum atomic E-state index is 3.46. The number of hydrogen-bond acceptors (Lipinski definition) is 2. The molecule has 0 aliphatic rings. The molecule has 3 aromatic carbocycles. The second-order valence-electron chi connectivity index (χ2n) is 9.20. The Balaban J connectivity index is 0.000000245. The summed E-state index contributed by atoms with van der Waals surface area (Å²) in [7, 11) is 0. The molecule has 0 radical (unpaired) electrons. The van der Waals surface area contributed by atoms with E-state index in [2.05, 4.69) is 118 Å². The Bertz CT molecular complexity index is 869. The minimum Gasteiger partial charge on any atom is -0.385 e. The Hall–Kier alpha value is -2.74. The van der Waals surface area contributed by atoms with Crippen LogP contribution in [-0.2, 0) is 19.4 Å². The molecule has 2 unspecified atom stereocenters. The van der Waals surface area contributed by atoms with Crippen LogP contribution in [0, 0.1) is 11.8 Å². The first-order valence-electron chi connectivity index (χ1n) is 12.7. The molecule has 0 aromatic heterocycles. The van der Waals surface area contributed by atoms with Gasteiger partial charge in [-0.1, -0.05) is 95.1 Å². The van der Waals surface area contributed by atoms with Crippen molar-refractivity contribution < 1.29 is 0 Å². The molecule has 0 heterocycles. The van der Waals surface area contributed by atoms with E-state index in [1.807, 2.05) is 6.07 Å². The van der Waals surface area contributed by atoms with Crippen molar-refractivity contribution in [1.29, 1.82) is 0 Å². The van der Waals surface area contributed by atoms with Crippen molar-refractivity contribution in [3.8, 4) is 0 Å². The molecule has 2 nitrogen and oxygen atoms in total. The predicted molar refractivity (Wildman–Crippen MR) is 147 cm³/mol. The van der Waals surface area contributed by atoms with E-state index in [-0.39, 0.29) is 0 Å². The average Bonchev–Trinajstić information content (AvgIpc) is 2.86. The molecule has 0 bridgehead atoms. The fourth-order valence-electron chi connectivity index (χ4n) is 3.61. The van der Waals surface area contributed by atoms with Crippen LogP contribution < -0.4 is 10.6 Å². The van der Waals surface area contributed by atoms with E-state index in [0.29, 0.717) is 0 Å². The minimum absolute atomic E-state index is 0.767. The molecule has 0 spiro atoms. The van der Waals surface area contributed by atoms with Gasteiger partial charge in [0.1, 0.15) is 0 Å². The van der Waals surface area contributed by atoms with Crippen molar-refractivity contribution in [1.82, 2.24) is 0 Å². The highest BCUT2D eigenvalue weighted by Crippen LogP contribution is 2.16. The van der Waals surface area contributed by atoms with Crippen LogP contribution in [0.25, 0.3) is 0 Å². The van der Waals surface area contributed by atoms with Crippen LogP contribution in [0.1, 0.15) is 64.2 Å². The predicted octanol–water partition coefficient (Wildman–Crippen LogP) is 8.59. The van der Waals surface area contributed by atoms with Gasteiger partial charge in [0.05, 0.1) is 0 Å². The van der Waals surface area contributed by atoms with Gasteiger partial charge in [-0.05, 0) is 72.6 Å². The van der Waals surface area contributed by atoms with Crippen molar-refractivity contribution in [3.05, 3.63) is 95.6 Å². The Morgan fingerprint density at radius 3 is 1.42 bits per heavy atom. The maximum absolute atomic E-state index is 3.46. The zero-order valence-corrected chi connectivity index (χ0v) is 21.4. The van der Waals surface area contributed by atoms with Crippen LogP contribution in [0.5, 0.6) is 0 Å². The second-order valence-corrected chi connectivity index (χ2v) is 9.20. The van der Waals surface area contributed by atoms with Crippen LogP contribution in [0.15, 0.2) is 78.9 Å². The van der Waals surface area contributed by atoms with Crippen LogP contribution in [-0.4, -0.2) is 6.54 Å². The second kappa shape index (κ2) is 15.2. The maximum Gasteiger partial charge on any atom is 0.0400 e. The van der Waals surface area contributed by atoms with Crippen molar-refractivity contribution in [3.63, 3.8) is 0 Å². The van der Waals surface area contributed by atoms with E-state index in [0.717, 1.165) is 24.9 Å². The molecule has 33 heavy (non-hydrogen) atoms. The summed E-state index contributed by atoms with van der Waals surface area (Å²) in [6.45, 7) is 13.1. The van der Waals surface area contributed by atoms with Gasteiger partial charge >= 0.3 is 0 Å². The molecule has 2 N–H and O–H groups in total. The summed E-state index contributed by atoms with van der Waals surface area (Å²) in [5.41, 5.74) is 6.60. The minimum atomic E-state index is 0.767. The lowest BCUT2D eigenvalue weighted by molar-refractivity contribution is 0.560. The highest BCUT2D eigenvalue weighted by molar-refractivity contribution is 5.45. The Kier molecular flexibility index (Phi) is 12.2. The van der Waals surface area contributed by atoms with Gasteiger partial charge in [0.25, 0.3) is 0 Å². The van der Waals surface area contributed by atoms with E-state index in [9.17, 15) is 0 Å². The lowest BCUT2D eigenvalue weighted by Crippen LogP contribution is -2.00. The molecule has 2 atom stereocenters. The lowest BCUT2D eigenvalue weighted by Gasteiger charge is -2.10. The molecule has 0 aliphatic carbocycles. The normalized spacial score (nSPS) is 12.3. The molecule has 2 heteroatoms. The summed E-state index contributed by atoms with van der Waals surface area (Å²) in [6.07, 6.45) is 4.88. The third-order valence-electron chi connectivity index (χ3n) is 6.19. The van der Waals surface area contributed by atoms with Crippen molar-refractivity contribution >= 4 is 11.4 Å². The fraction of sp³-hybridized carbons (Fsp3) is 0.419. The largest absolute Gasteiger partial charge is 0.385 e. The summed E-state index contributed by atoms with van der Waals surface area (Å²) in [5.74, 6) is 1.56. The zero-order chi connectivity index (χ0) is 23.9. The number of nitrogens with one attached hydrogen (secondary N) is 2. The number of hydrogen-bond donors (Lipinski definition) is 2. The van der Waals surface area contributed by atoms with Crippen molar-refractivity contribution in [2.24, 2.45) is 11.8 Å². The quantitative estimate of drug-likeness (QED) is 0.309. The third-order valence-corrected chi connectivity index (χ3v) is 6.19. The van der Waals surface area contributed by atoms with E-state index >= 15 is 0 Å². The number of benzene rings is 3. The topological polar surface area (TPSA) is 24.1 Å². The monoisotopic (exact) mass is 444 g/mol. The summed E-state index contributed by atoms with van der Waals surface area (Å²) in [5, 5.41) is 6.76. The summed E-state index contributed by atoms with van der Waals surface area (Å²) in [4.78, 5) is 0. The van der Waals surface area contributed by atoms with E-state index < -0.39 is 0 Å². The van der Waals surface area contributed by atoms with Gasteiger partial charge in [-0.2, -0.15) is 0 Å². The lowest BCUT2D eigenvalue weighted by atomic mass is 9.99. The smallest absolute Gasteiger partial charge is 0.0400 e. The molecule has 0 saturated carbocycles. The zero-order valence-electron chi connectivity index (χ0n) is 21.4. The summed E-state index contributed by atoms with van der Waals surface area (Å²) < 4.78 is 0. The van der Waals surface area contributed by atoms with E-state index in [4.69, 9.17) is 0 Å². The Morgan fingerprint density at radius 1 is 0.545 bits per heavy atom. The molecular weight excluding hydrogens is 400 g/mol. The first kappa shape index (κ1) is 26.5. The van der Waals surface area contributed by atoms with Crippen LogP contribution in [0.4, 0.5) is 11.4 Å². The number of anilines is 2. The SMILES string of the molecule is CCC(C)Cc1ccc(NCc2ccccc2)cc1.CCNc1ccc(CC(C)CC)cc1. The van der Waals surface area contributed by atoms with E-state index in [1.54, 1.807) is 0 Å². The Morgan fingerprint density at radius 2 is 1.00 bits per heavy atom. The molecule has 3 aromatic rings. The summed E-state index contributed by atoms with van der Waals surface area (Å²) >= 11 is 0. The average molecular weight is 445 g/mol. The van der Waals surface area contributed by atoms with Gasteiger partial charge in [0.2, 0.25) is 0 Å². The van der Waals surface area contributed by atoms with E-state index in [1.165, 1.54) is 53.7 Å². The van der Waals surface area contributed by atoms with Crippen molar-refractivity contribution in [2.75, 3.05) is 17.2 Å². The number of rotatable bonds is 11. The molecule has 0 fully saturated rings. The standard InChI is InChI=1S/C18H23N.C13H21N/c1-3-15(2)13-16-9-11-18(12-10-16)19-14-17-7-5-4-6-8-17;1-4-11(3)10-12-6-8-13(9-7-12)14-5-2/h4-12,15,19H,3,13-14H2,1-2H3;6-9,11,14H,4-5,10H2,1-3H3. The first-order valence-corrected chi connectivity index (χ1v) is 12.7. The van der Waals surface area contributed by atoms with Gasteiger partial charge in [-0.3, -0.25) is 0 Å². The highest BCUT2D eigenvalue weighted by Gasteiger charge is 2.02. The van der Waals surface area contributed by atoms with Gasteiger partial charge in [-0.25, -0.2) is 0 Å². The van der Waals surface area contributed by atoms with Gasteiger partial charge in [0.15, 0.2) is 0 Å². The van der Waals surface area contributed by atoms with Crippen molar-refractivity contribution in [2.45, 2.75) is 66.8 Å². The van der Waals surface area contributed by atoms with Gasteiger partial charge < -0.3 is 10.6 Å². The highest BCUT2D eigenvalue weighted by atomic mass is 14.9. The summed E-state index contributed by atoms with van der Waals surface area (Å²) in [6, 6.07) is 28.1. The van der Waals surface area contributed by atoms with Crippen LogP contribution >= 0.6 is 0 Å². The van der Waals surface area contributed by atoms with Gasteiger partial charge in [-0.15, -0.1) is 0 Å². The molecule has 0 amide bonds. The van der Waals surface area contributed by atoms with Gasteiger partial charge in [0, 0.05) is 24.5 Å². The molecule has 3 rings (SSSR count). The molecular formula is C31H44N2. The fourth-order valence-corrected chi connectivity index (χ4v) is 3.61. The molecule has 0 saturated heterocycles. The van der Waals surface area contributed by atoms with Crippen LogP contribution in [0.2, 0.25) is 0 Å².